The van der Waals surface area contributed by atoms with Gasteiger partial charge in [0.25, 0.3) is 0 Å². The third-order valence-electron chi connectivity index (χ3n) is 3.77. The molecule has 3 atom stereocenters. The maximum Gasteiger partial charge on any atom is 0.0622 e. The van der Waals surface area contributed by atoms with Gasteiger partial charge in [0.2, 0.25) is 0 Å². The summed E-state index contributed by atoms with van der Waals surface area (Å²) < 4.78 is 5.40. The summed E-state index contributed by atoms with van der Waals surface area (Å²) in [6.45, 7) is 3.01. The van der Waals surface area contributed by atoms with Crippen LogP contribution in [0.15, 0.2) is 0 Å². The molecule has 3 heteroatoms. The maximum absolute atomic E-state index is 6.07. The SMILES string of the molecule is CN(CC1CCCC1N)C1CCOC1. The van der Waals surface area contributed by atoms with Crippen molar-refractivity contribution in [2.75, 3.05) is 26.8 Å². The highest BCUT2D eigenvalue weighted by atomic mass is 16.5. The maximum atomic E-state index is 6.07. The van der Waals surface area contributed by atoms with E-state index in [0.29, 0.717) is 12.1 Å². The zero-order valence-electron chi connectivity index (χ0n) is 9.11. The van der Waals surface area contributed by atoms with E-state index < -0.39 is 0 Å². The van der Waals surface area contributed by atoms with Crippen molar-refractivity contribution in [1.29, 1.82) is 0 Å². The molecular weight excluding hydrogens is 176 g/mol. The van der Waals surface area contributed by atoms with E-state index in [2.05, 4.69) is 11.9 Å². The normalized spacial score (nSPS) is 38.4. The molecule has 0 aromatic carbocycles. The second kappa shape index (κ2) is 4.60. The van der Waals surface area contributed by atoms with Crippen molar-refractivity contribution in [2.45, 2.75) is 37.8 Å². The molecule has 0 amide bonds. The van der Waals surface area contributed by atoms with Crippen molar-refractivity contribution in [3.8, 4) is 0 Å². The molecule has 2 N–H and O–H groups in total. The third kappa shape index (κ3) is 2.27. The minimum atomic E-state index is 0.444. The van der Waals surface area contributed by atoms with Crippen LogP contribution in [0.4, 0.5) is 0 Å². The lowest BCUT2D eigenvalue weighted by Crippen LogP contribution is -2.39. The molecule has 3 nitrogen and oxygen atoms in total. The molecule has 0 spiro atoms. The third-order valence-corrected chi connectivity index (χ3v) is 3.77. The van der Waals surface area contributed by atoms with Gasteiger partial charge < -0.3 is 15.4 Å². The van der Waals surface area contributed by atoms with Crippen LogP contribution in [-0.4, -0.2) is 43.8 Å². The van der Waals surface area contributed by atoms with Crippen molar-refractivity contribution < 1.29 is 4.74 Å². The molecule has 0 bridgehead atoms. The Hall–Kier alpha value is -0.120. The summed E-state index contributed by atoms with van der Waals surface area (Å²) in [5, 5.41) is 0. The summed E-state index contributed by atoms with van der Waals surface area (Å²) >= 11 is 0. The highest BCUT2D eigenvalue weighted by molar-refractivity contribution is 4.84. The Bertz CT molecular complexity index is 180. The van der Waals surface area contributed by atoms with Gasteiger partial charge in [0.05, 0.1) is 6.61 Å². The first-order valence-corrected chi connectivity index (χ1v) is 5.81. The predicted molar refractivity (Wildman–Crippen MR) is 57.2 cm³/mol. The molecule has 2 aliphatic rings. The van der Waals surface area contributed by atoms with Crippen LogP contribution in [0.1, 0.15) is 25.7 Å². The lowest BCUT2D eigenvalue weighted by atomic mass is 10.0. The molecule has 0 radical (unpaired) electrons. The van der Waals surface area contributed by atoms with Gasteiger partial charge in [-0.1, -0.05) is 6.42 Å². The first-order valence-electron chi connectivity index (χ1n) is 5.81. The van der Waals surface area contributed by atoms with Gasteiger partial charge in [0.15, 0.2) is 0 Å². The largest absolute Gasteiger partial charge is 0.380 e. The Morgan fingerprint density at radius 2 is 2.21 bits per heavy atom. The molecule has 3 unspecified atom stereocenters. The Labute approximate surface area is 86.6 Å². The Balaban J connectivity index is 1.78. The molecule has 0 aromatic rings. The van der Waals surface area contributed by atoms with Crippen LogP contribution < -0.4 is 5.73 Å². The van der Waals surface area contributed by atoms with E-state index in [4.69, 9.17) is 10.5 Å². The van der Waals surface area contributed by atoms with Gasteiger partial charge in [-0.15, -0.1) is 0 Å². The number of hydrogen-bond donors (Lipinski definition) is 1. The van der Waals surface area contributed by atoms with Crippen LogP contribution in [0.25, 0.3) is 0 Å². The first-order chi connectivity index (χ1) is 6.77. The van der Waals surface area contributed by atoms with Crippen LogP contribution in [0, 0.1) is 5.92 Å². The minimum absolute atomic E-state index is 0.444. The first kappa shape index (κ1) is 10.4. The van der Waals surface area contributed by atoms with Crippen molar-refractivity contribution in [1.82, 2.24) is 4.90 Å². The molecule has 1 saturated carbocycles. The van der Waals surface area contributed by atoms with Crippen molar-refractivity contribution >= 4 is 0 Å². The molecule has 1 aliphatic heterocycles. The van der Waals surface area contributed by atoms with E-state index in [0.717, 1.165) is 25.7 Å². The van der Waals surface area contributed by atoms with E-state index in [9.17, 15) is 0 Å². The van der Waals surface area contributed by atoms with E-state index in [1.54, 1.807) is 0 Å². The summed E-state index contributed by atoms with van der Waals surface area (Å²) in [4.78, 5) is 2.45. The lowest BCUT2D eigenvalue weighted by molar-refractivity contribution is 0.147. The van der Waals surface area contributed by atoms with E-state index in [1.165, 1.54) is 25.7 Å². The fraction of sp³-hybridized carbons (Fsp3) is 1.00. The van der Waals surface area contributed by atoms with Gasteiger partial charge in [-0.2, -0.15) is 0 Å². The number of nitrogens with two attached hydrogens (primary N) is 1. The van der Waals surface area contributed by atoms with Crippen LogP contribution in [0.2, 0.25) is 0 Å². The summed E-state index contributed by atoms with van der Waals surface area (Å²) in [6.07, 6.45) is 5.05. The van der Waals surface area contributed by atoms with Gasteiger partial charge in [-0.25, -0.2) is 0 Å². The smallest absolute Gasteiger partial charge is 0.0622 e. The molecular formula is C11H22N2O. The molecule has 82 valence electrons. The Morgan fingerprint density at radius 1 is 1.36 bits per heavy atom. The zero-order valence-corrected chi connectivity index (χ0v) is 9.11. The number of rotatable bonds is 3. The van der Waals surface area contributed by atoms with Crippen molar-refractivity contribution in [3.05, 3.63) is 0 Å². The molecule has 0 aromatic heterocycles. The summed E-state index contributed by atoms with van der Waals surface area (Å²) in [5.74, 6) is 0.723. The fourth-order valence-electron chi connectivity index (χ4n) is 2.68. The van der Waals surface area contributed by atoms with Crippen LogP contribution in [-0.2, 0) is 4.74 Å². The number of ether oxygens (including phenoxy) is 1. The molecule has 14 heavy (non-hydrogen) atoms. The topological polar surface area (TPSA) is 38.5 Å². The Kier molecular flexibility index (Phi) is 3.42. The van der Waals surface area contributed by atoms with Gasteiger partial charge >= 0.3 is 0 Å². The fourth-order valence-corrected chi connectivity index (χ4v) is 2.68. The van der Waals surface area contributed by atoms with Gasteiger partial charge in [0.1, 0.15) is 0 Å². The molecule has 1 saturated heterocycles. The minimum Gasteiger partial charge on any atom is -0.380 e. The lowest BCUT2D eigenvalue weighted by Gasteiger charge is -2.27. The number of likely N-dealkylation sites (N-methyl/N-ethyl adjacent to an activating group) is 1. The highest BCUT2D eigenvalue weighted by Gasteiger charge is 2.28. The van der Waals surface area contributed by atoms with Gasteiger partial charge in [-0.3, -0.25) is 0 Å². The van der Waals surface area contributed by atoms with Crippen LogP contribution in [0.5, 0.6) is 0 Å². The second-order valence-corrected chi connectivity index (χ2v) is 4.81. The predicted octanol–water partition coefficient (Wildman–Crippen LogP) is 0.834. The zero-order chi connectivity index (χ0) is 9.97. The van der Waals surface area contributed by atoms with Gasteiger partial charge in [0, 0.05) is 25.2 Å². The van der Waals surface area contributed by atoms with Crippen LogP contribution >= 0.6 is 0 Å². The summed E-state index contributed by atoms with van der Waals surface area (Å²) in [6, 6.07) is 1.09. The summed E-state index contributed by atoms with van der Waals surface area (Å²) in [7, 11) is 2.21. The number of nitrogens with zero attached hydrogens (tertiary/aromatic N) is 1. The second-order valence-electron chi connectivity index (χ2n) is 4.81. The average molecular weight is 198 g/mol. The van der Waals surface area contributed by atoms with E-state index in [1.807, 2.05) is 0 Å². The molecule has 2 fully saturated rings. The highest BCUT2D eigenvalue weighted by Crippen LogP contribution is 2.25. The van der Waals surface area contributed by atoms with Crippen molar-refractivity contribution in [2.24, 2.45) is 11.7 Å². The molecule has 1 heterocycles. The number of hydrogen-bond acceptors (Lipinski definition) is 3. The standard InChI is InChI=1S/C11H22N2O/c1-13(10-5-6-14-8-10)7-9-3-2-4-11(9)12/h9-11H,2-8,12H2,1H3. The van der Waals surface area contributed by atoms with E-state index in [-0.39, 0.29) is 0 Å². The van der Waals surface area contributed by atoms with E-state index >= 15 is 0 Å². The molecule has 1 aliphatic carbocycles. The summed E-state index contributed by atoms with van der Waals surface area (Å²) in [5.41, 5.74) is 6.07. The van der Waals surface area contributed by atoms with Gasteiger partial charge in [-0.05, 0) is 32.2 Å². The van der Waals surface area contributed by atoms with Crippen molar-refractivity contribution in [3.63, 3.8) is 0 Å². The quantitative estimate of drug-likeness (QED) is 0.730. The Morgan fingerprint density at radius 3 is 2.79 bits per heavy atom. The molecule has 2 rings (SSSR count). The monoisotopic (exact) mass is 198 g/mol. The van der Waals surface area contributed by atoms with Crippen LogP contribution in [0.3, 0.4) is 0 Å². The average Bonchev–Trinajstić information content (AvgIpc) is 2.77.